The first-order chi connectivity index (χ1) is 13.0. The van der Waals surface area contributed by atoms with E-state index >= 15 is 0 Å². The van der Waals surface area contributed by atoms with Gasteiger partial charge in [0.15, 0.2) is 12.5 Å². The summed E-state index contributed by atoms with van der Waals surface area (Å²) in [4.78, 5) is 22.5. The number of benzene rings is 1. The van der Waals surface area contributed by atoms with Crippen LogP contribution in [0.2, 0.25) is 5.02 Å². The number of aromatic nitrogens is 4. The topological polar surface area (TPSA) is 117 Å². The van der Waals surface area contributed by atoms with E-state index in [2.05, 4.69) is 15.5 Å². The van der Waals surface area contributed by atoms with E-state index < -0.39 is 4.92 Å². The van der Waals surface area contributed by atoms with Gasteiger partial charge in [0, 0.05) is 25.0 Å². The van der Waals surface area contributed by atoms with Crippen LogP contribution >= 0.6 is 11.6 Å². The van der Waals surface area contributed by atoms with Gasteiger partial charge in [-0.25, -0.2) is 4.68 Å². The molecule has 2 heterocycles. The van der Waals surface area contributed by atoms with Gasteiger partial charge in [0.2, 0.25) is 0 Å². The number of nitro benzene ring substituents is 1. The predicted molar refractivity (Wildman–Crippen MR) is 95.5 cm³/mol. The molecule has 2 aromatic heterocycles. The van der Waals surface area contributed by atoms with Crippen molar-refractivity contribution in [2.75, 3.05) is 6.54 Å². The minimum atomic E-state index is -0.524. The Morgan fingerprint density at radius 2 is 2.11 bits per heavy atom. The van der Waals surface area contributed by atoms with E-state index in [-0.39, 0.29) is 29.8 Å². The number of nitro groups is 1. The number of rotatable bonds is 8. The smallest absolute Gasteiger partial charge is 0.311 e. The highest BCUT2D eigenvalue weighted by atomic mass is 35.5. The van der Waals surface area contributed by atoms with Gasteiger partial charge in [0.05, 0.1) is 22.7 Å². The molecule has 1 amide bonds. The Kier molecular flexibility index (Phi) is 5.67. The number of carbonyl (C=O) groups is 1. The molecule has 1 N–H and O–H groups in total. The molecule has 0 saturated carbocycles. The van der Waals surface area contributed by atoms with Crippen LogP contribution in [0.15, 0.2) is 48.9 Å². The zero-order valence-corrected chi connectivity index (χ0v) is 14.7. The molecule has 3 aromatic rings. The van der Waals surface area contributed by atoms with E-state index in [1.807, 2.05) is 0 Å². The lowest BCUT2D eigenvalue weighted by molar-refractivity contribution is -0.386. The van der Waals surface area contributed by atoms with Crippen molar-refractivity contribution >= 4 is 23.2 Å². The van der Waals surface area contributed by atoms with E-state index in [1.165, 1.54) is 29.1 Å². The molecule has 11 heteroatoms. The van der Waals surface area contributed by atoms with Crippen LogP contribution in [-0.2, 0) is 13.3 Å². The van der Waals surface area contributed by atoms with Crippen molar-refractivity contribution in [2.24, 2.45) is 0 Å². The number of amides is 1. The molecule has 0 aliphatic heterocycles. The van der Waals surface area contributed by atoms with Gasteiger partial charge in [-0.15, -0.1) is 0 Å². The largest absolute Gasteiger partial charge is 0.464 e. The molecule has 0 bridgehead atoms. The third-order valence-corrected chi connectivity index (χ3v) is 3.71. The van der Waals surface area contributed by atoms with Crippen molar-refractivity contribution in [1.29, 1.82) is 0 Å². The van der Waals surface area contributed by atoms with Gasteiger partial charge in [-0.1, -0.05) is 23.7 Å². The molecule has 0 atom stereocenters. The molecular formula is C16H15ClN6O4. The molecule has 0 fully saturated rings. The molecule has 10 nitrogen and oxygen atoms in total. The van der Waals surface area contributed by atoms with E-state index in [4.69, 9.17) is 16.3 Å². The summed E-state index contributed by atoms with van der Waals surface area (Å²) in [6.07, 6.45) is 4.72. The summed E-state index contributed by atoms with van der Waals surface area (Å²) in [6.45, 7) is 0.764. The zero-order chi connectivity index (χ0) is 19.2. The Morgan fingerprint density at radius 3 is 2.85 bits per heavy atom. The summed E-state index contributed by atoms with van der Waals surface area (Å²) in [5, 5.41) is 22.3. The van der Waals surface area contributed by atoms with Crippen LogP contribution in [0.25, 0.3) is 0 Å². The fourth-order valence-electron chi connectivity index (χ4n) is 2.26. The van der Waals surface area contributed by atoms with Crippen molar-refractivity contribution in [3.63, 3.8) is 0 Å². The third-order valence-electron chi connectivity index (χ3n) is 3.52. The maximum Gasteiger partial charge on any atom is 0.311 e. The summed E-state index contributed by atoms with van der Waals surface area (Å²) in [6, 6.07) is 7.57. The fraction of sp³-hybridized carbons (Fsp3) is 0.188. The Morgan fingerprint density at radius 1 is 1.30 bits per heavy atom. The van der Waals surface area contributed by atoms with Crippen LogP contribution in [0.3, 0.4) is 0 Å². The first kappa shape index (κ1) is 18.4. The van der Waals surface area contributed by atoms with Gasteiger partial charge in [-0.3, -0.25) is 19.6 Å². The monoisotopic (exact) mass is 390 g/mol. The zero-order valence-electron chi connectivity index (χ0n) is 14.0. The minimum absolute atomic E-state index is 0.0656. The average Bonchev–Trinajstić information content (AvgIpc) is 3.29. The molecule has 140 valence electrons. The number of nitrogens with one attached hydrogen (secondary N) is 1. The van der Waals surface area contributed by atoms with Gasteiger partial charge < -0.3 is 10.1 Å². The molecule has 0 aliphatic carbocycles. The van der Waals surface area contributed by atoms with Crippen LogP contribution in [0.5, 0.6) is 5.75 Å². The second kappa shape index (κ2) is 8.32. The Hall–Kier alpha value is -3.40. The van der Waals surface area contributed by atoms with Crippen LogP contribution in [-0.4, -0.2) is 36.9 Å². The number of para-hydroxylation sites is 2. The Labute approximate surface area is 158 Å². The molecule has 27 heavy (non-hydrogen) atoms. The van der Waals surface area contributed by atoms with Gasteiger partial charge in [-0.05, 0) is 12.1 Å². The Bertz CT molecular complexity index is 954. The van der Waals surface area contributed by atoms with Crippen LogP contribution < -0.4 is 10.1 Å². The van der Waals surface area contributed by atoms with Crippen LogP contribution in [0, 0.1) is 10.1 Å². The molecule has 1 aromatic carbocycles. The van der Waals surface area contributed by atoms with Gasteiger partial charge in [-0.2, -0.15) is 10.2 Å². The van der Waals surface area contributed by atoms with Crippen molar-refractivity contribution in [3.8, 4) is 5.75 Å². The standard InChI is InChI=1S/C16H15ClN6O4/c17-12-9-19-21(10-12)8-6-18-16(24)13-5-7-22(20-13)11-27-15-4-2-1-3-14(15)23(25)26/h1-5,7,9-10H,6,8,11H2,(H,18,24). The van der Waals surface area contributed by atoms with Gasteiger partial charge in [0.1, 0.15) is 5.69 Å². The van der Waals surface area contributed by atoms with Gasteiger partial charge >= 0.3 is 5.69 Å². The first-order valence-corrected chi connectivity index (χ1v) is 8.26. The van der Waals surface area contributed by atoms with E-state index in [9.17, 15) is 14.9 Å². The highest BCUT2D eigenvalue weighted by Gasteiger charge is 2.14. The summed E-state index contributed by atoms with van der Waals surface area (Å²) in [7, 11) is 0. The lowest BCUT2D eigenvalue weighted by atomic mass is 10.3. The second-order valence-corrected chi connectivity index (χ2v) is 5.85. The normalized spacial score (nSPS) is 10.6. The average molecular weight is 391 g/mol. The molecule has 0 unspecified atom stereocenters. The fourth-order valence-corrected chi connectivity index (χ4v) is 2.41. The quantitative estimate of drug-likeness (QED) is 0.465. The van der Waals surface area contributed by atoms with Crippen molar-refractivity contribution in [2.45, 2.75) is 13.3 Å². The lowest BCUT2D eigenvalue weighted by Gasteiger charge is -2.06. The van der Waals surface area contributed by atoms with Gasteiger partial charge in [0.25, 0.3) is 5.91 Å². The van der Waals surface area contributed by atoms with E-state index in [1.54, 1.807) is 29.2 Å². The SMILES string of the molecule is O=C(NCCn1cc(Cl)cn1)c1ccn(COc2ccccc2[N+](=O)[O-])n1. The number of ether oxygens (including phenoxy) is 1. The summed E-state index contributed by atoms with van der Waals surface area (Å²) in [5.74, 6) is -0.223. The Balaban J connectivity index is 1.52. The molecular weight excluding hydrogens is 376 g/mol. The van der Waals surface area contributed by atoms with Crippen molar-refractivity contribution in [1.82, 2.24) is 24.9 Å². The number of hydrogen-bond acceptors (Lipinski definition) is 6. The highest BCUT2D eigenvalue weighted by molar-refractivity contribution is 6.30. The minimum Gasteiger partial charge on any atom is -0.464 e. The van der Waals surface area contributed by atoms with E-state index in [0.717, 1.165) is 0 Å². The summed E-state index contributed by atoms with van der Waals surface area (Å²) < 4.78 is 8.41. The second-order valence-electron chi connectivity index (χ2n) is 5.42. The molecule has 3 rings (SSSR count). The number of hydrogen-bond donors (Lipinski definition) is 1. The predicted octanol–water partition coefficient (Wildman–Crippen LogP) is 2.11. The maximum atomic E-state index is 12.1. The maximum absolute atomic E-state index is 12.1. The number of halogens is 1. The van der Waals surface area contributed by atoms with Crippen LogP contribution in [0.4, 0.5) is 5.69 Å². The molecule has 0 radical (unpaired) electrons. The molecule has 0 spiro atoms. The molecule has 0 saturated heterocycles. The van der Waals surface area contributed by atoms with Crippen molar-refractivity contribution in [3.05, 3.63) is 69.8 Å². The third kappa shape index (κ3) is 4.82. The first-order valence-electron chi connectivity index (χ1n) is 7.89. The van der Waals surface area contributed by atoms with E-state index in [0.29, 0.717) is 18.1 Å². The highest BCUT2D eigenvalue weighted by Crippen LogP contribution is 2.25. The summed E-state index contributed by atoms with van der Waals surface area (Å²) >= 11 is 5.77. The number of carbonyl (C=O) groups excluding carboxylic acids is 1. The lowest BCUT2D eigenvalue weighted by Crippen LogP contribution is -2.28. The number of nitrogens with zero attached hydrogens (tertiary/aromatic N) is 5. The van der Waals surface area contributed by atoms with Crippen LogP contribution in [0.1, 0.15) is 10.5 Å². The van der Waals surface area contributed by atoms with Crippen molar-refractivity contribution < 1.29 is 14.5 Å². The summed E-state index contributed by atoms with van der Waals surface area (Å²) in [5.41, 5.74) is 0.0704. The molecule has 0 aliphatic rings.